The molecule has 5 heteroatoms. The summed E-state index contributed by atoms with van der Waals surface area (Å²) in [6, 6.07) is 4.13. The van der Waals surface area contributed by atoms with Crippen molar-refractivity contribution in [3.8, 4) is 5.75 Å². The van der Waals surface area contributed by atoms with Gasteiger partial charge >= 0.3 is 0 Å². The average molecular weight is 296 g/mol. The van der Waals surface area contributed by atoms with E-state index < -0.39 is 0 Å². The Balaban J connectivity index is 1.88. The predicted octanol–water partition coefficient (Wildman–Crippen LogP) is 2.42. The number of halogens is 1. The fourth-order valence-corrected chi connectivity index (χ4v) is 2.82. The first-order chi connectivity index (χ1) is 10.1. The quantitative estimate of drug-likeness (QED) is 0.792. The predicted molar refractivity (Wildman–Crippen MR) is 80.7 cm³/mol. The summed E-state index contributed by atoms with van der Waals surface area (Å²) in [5.41, 5.74) is 6.10. The molecule has 118 valence electrons. The minimum absolute atomic E-state index is 0.00527. The highest BCUT2D eigenvalue weighted by Gasteiger charge is 2.25. The molecule has 1 saturated heterocycles. The minimum atomic E-state index is -0.311. The Labute approximate surface area is 125 Å². The summed E-state index contributed by atoms with van der Waals surface area (Å²) >= 11 is 0. The standard InChI is InChI=1S/C16H25FN2O2/c1-12(15-11-13(17)3-4-16(15)20)19-8-5-14(6-9-19)21-10-2-7-18/h3-4,11-12,14,20H,2,5-10,18H2,1H3. The lowest BCUT2D eigenvalue weighted by Crippen LogP contribution is -2.38. The first kappa shape index (κ1) is 16.2. The largest absolute Gasteiger partial charge is 0.508 e. The molecule has 3 N–H and O–H groups in total. The molecular weight excluding hydrogens is 271 g/mol. The van der Waals surface area contributed by atoms with E-state index in [2.05, 4.69) is 4.90 Å². The van der Waals surface area contributed by atoms with E-state index in [9.17, 15) is 9.50 Å². The topological polar surface area (TPSA) is 58.7 Å². The van der Waals surface area contributed by atoms with Crippen LogP contribution in [0, 0.1) is 5.82 Å². The molecule has 1 heterocycles. The number of hydrogen-bond acceptors (Lipinski definition) is 4. The molecular formula is C16H25FN2O2. The molecule has 0 aliphatic carbocycles. The summed E-state index contributed by atoms with van der Waals surface area (Å²) in [5.74, 6) is -0.153. The molecule has 1 aromatic carbocycles. The number of piperidine rings is 1. The van der Waals surface area contributed by atoms with Gasteiger partial charge < -0.3 is 15.6 Å². The van der Waals surface area contributed by atoms with Gasteiger partial charge in [0.2, 0.25) is 0 Å². The summed E-state index contributed by atoms with van der Waals surface area (Å²) in [5, 5.41) is 9.90. The fourth-order valence-electron chi connectivity index (χ4n) is 2.82. The van der Waals surface area contributed by atoms with Crippen LogP contribution in [-0.4, -0.2) is 42.4 Å². The Bertz CT molecular complexity index is 448. The molecule has 0 radical (unpaired) electrons. The maximum Gasteiger partial charge on any atom is 0.123 e. The molecule has 0 aromatic heterocycles. The van der Waals surface area contributed by atoms with Gasteiger partial charge in [-0.2, -0.15) is 0 Å². The third kappa shape index (κ3) is 4.40. The number of likely N-dealkylation sites (tertiary alicyclic amines) is 1. The normalized spacial score (nSPS) is 18.8. The van der Waals surface area contributed by atoms with Crippen molar-refractivity contribution in [2.75, 3.05) is 26.2 Å². The first-order valence-corrected chi connectivity index (χ1v) is 7.66. The van der Waals surface area contributed by atoms with E-state index in [-0.39, 0.29) is 17.6 Å². The van der Waals surface area contributed by atoms with Crippen LogP contribution < -0.4 is 5.73 Å². The third-order valence-corrected chi connectivity index (χ3v) is 4.17. The molecule has 21 heavy (non-hydrogen) atoms. The summed E-state index contributed by atoms with van der Waals surface area (Å²) in [7, 11) is 0. The fraction of sp³-hybridized carbons (Fsp3) is 0.625. The van der Waals surface area contributed by atoms with E-state index in [0.29, 0.717) is 18.2 Å². The molecule has 0 bridgehead atoms. The van der Waals surface area contributed by atoms with Gasteiger partial charge in [-0.1, -0.05) is 0 Å². The lowest BCUT2D eigenvalue weighted by Gasteiger charge is -2.36. The van der Waals surface area contributed by atoms with Gasteiger partial charge in [0, 0.05) is 31.3 Å². The van der Waals surface area contributed by atoms with Crippen LogP contribution in [0.5, 0.6) is 5.75 Å². The van der Waals surface area contributed by atoms with Crippen molar-refractivity contribution in [2.24, 2.45) is 5.73 Å². The van der Waals surface area contributed by atoms with Crippen molar-refractivity contribution in [1.29, 1.82) is 0 Å². The van der Waals surface area contributed by atoms with Crippen molar-refractivity contribution in [3.63, 3.8) is 0 Å². The lowest BCUT2D eigenvalue weighted by atomic mass is 10.0. The van der Waals surface area contributed by atoms with E-state index in [1.807, 2.05) is 6.92 Å². The van der Waals surface area contributed by atoms with Gasteiger partial charge in [0.25, 0.3) is 0 Å². The Morgan fingerprint density at radius 2 is 2.14 bits per heavy atom. The number of phenols is 1. The lowest BCUT2D eigenvalue weighted by molar-refractivity contribution is -0.000941. The van der Waals surface area contributed by atoms with E-state index >= 15 is 0 Å². The SMILES string of the molecule is CC(c1cc(F)ccc1O)N1CCC(OCCCN)CC1. The second-order valence-electron chi connectivity index (χ2n) is 5.63. The monoisotopic (exact) mass is 296 g/mol. The molecule has 1 atom stereocenters. The Morgan fingerprint density at radius 1 is 1.43 bits per heavy atom. The number of nitrogens with two attached hydrogens (primary N) is 1. The molecule has 0 saturated carbocycles. The van der Waals surface area contributed by atoms with Crippen LogP contribution >= 0.6 is 0 Å². The maximum absolute atomic E-state index is 13.3. The molecule has 1 fully saturated rings. The zero-order valence-electron chi connectivity index (χ0n) is 12.6. The molecule has 1 unspecified atom stereocenters. The highest BCUT2D eigenvalue weighted by atomic mass is 19.1. The number of ether oxygens (including phenoxy) is 1. The van der Waals surface area contributed by atoms with Gasteiger partial charge in [-0.15, -0.1) is 0 Å². The molecule has 2 rings (SSSR count). The summed E-state index contributed by atoms with van der Waals surface area (Å²) in [6.45, 7) is 5.18. The average Bonchev–Trinajstić information content (AvgIpc) is 2.50. The van der Waals surface area contributed by atoms with Crippen LogP contribution in [-0.2, 0) is 4.74 Å². The molecule has 1 aliphatic rings. The number of hydrogen-bond donors (Lipinski definition) is 2. The van der Waals surface area contributed by atoms with Crippen LogP contribution in [0.1, 0.15) is 37.8 Å². The van der Waals surface area contributed by atoms with E-state index in [1.165, 1.54) is 18.2 Å². The zero-order valence-corrected chi connectivity index (χ0v) is 12.6. The van der Waals surface area contributed by atoms with Crippen LogP contribution in [0.4, 0.5) is 4.39 Å². The van der Waals surface area contributed by atoms with Crippen LogP contribution in [0.15, 0.2) is 18.2 Å². The Hall–Kier alpha value is -1.17. The highest BCUT2D eigenvalue weighted by molar-refractivity contribution is 5.35. The Kier molecular flexibility index (Phi) is 5.96. The molecule has 0 amide bonds. The second-order valence-corrected chi connectivity index (χ2v) is 5.63. The number of rotatable bonds is 6. The van der Waals surface area contributed by atoms with Gasteiger partial charge in [0.15, 0.2) is 0 Å². The van der Waals surface area contributed by atoms with Crippen molar-refractivity contribution in [1.82, 2.24) is 4.90 Å². The van der Waals surface area contributed by atoms with Gasteiger partial charge in [-0.25, -0.2) is 4.39 Å². The van der Waals surface area contributed by atoms with Crippen molar-refractivity contribution in [2.45, 2.75) is 38.3 Å². The van der Waals surface area contributed by atoms with E-state index in [4.69, 9.17) is 10.5 Å². The Morgan fingerprint density at radius 3 is 2.81 bits per heavy atom. The number of aromatic hydroxyl groups is 1. The van der Waals surface area contributed by atoms with Gasteiger partial charge in [-0.3, -0.25) is 4.90 Å². The summed E-state index contributed by atoms with van der Waals surface area (Å²) in [4.78, 5) is 2.26. The number of benzene rings is 1. The number of phenolic OH excluding ortho intramolecular Hbond substituents is 1. The first-order valence-electron chi connectivity index (χ1n) is 7.66. The smallest absolute Gasteiger partial charge is 0.123 e. The van der Waals surface area contributed by atoms with Crippen molar-refractivity contribution >= 4 is 0 Å². The summed E-state index contributed by atoms with van der Waals surface area (Å²) in [6.07, 6.45) is 3.12. The number of nitrogens with zero attached hydrogens (tertiary/aromatic N) is 1. The van der Waals surface area contributed by atoms with E-state index in [0.717, 1.165) is 39.0 Å². The third-order valence-electron chi connectivity index (χ3n) is 4.17. The molecule has 4 nitrogen and oxygen atoms in total. The summed E-state index contributed by atoms with van der Waals surface area (Å²) < 4.78 is 19.1. The molecule has 0 spiro atoms. The van der Waals surface area contributed by atoms with Crippen LogP contribution in [0.3, 0.4) is 0 Å². The van der Waals surface area contributed by atoms with Crippen LogP contribution in [0.25, 0.3) is 0 Å². The van der Waals surface area contributed by atoms with Gasteiger partial charge in [0.1, 0.15) is 11.6 Å². The van der Waals surface area contributed by atoms with Crippen LogP contribution in [0.2, 0.25) is 0 Å². The van der Waals surface area contributed by atoms with Gasteiger partial charge in [0.05, 0.1) is 6.10 Å². The second kappa shape index (κ2) is 7.73. The highest BCUT2D eigenvalue weighted by Crippen LogP contribution is 2.31. The van der Waals surface area contributed by atoms with Crippen molar-refractivity contribution in [3.05, 3.63) is 29.6 Å². The van der Waals surface area contributed by atoms with Crippen molar-refractivity contribution < 1.29 is 14.2 Å². The zero-order chi connectivity index (χ0) is 15.2. The van der Waals surface area contributed by atoms with E-state index in [1.54, 1.807) is 0 Å². The maximum atomic E-state index is 13.3. The molecule has 1 aromatic rings. The molecule has 1 aliphatic heterocycles. The van der Waals surface area contributed by atoms with Gasteiger partial charge in [-0.05, 0) is 50.9 Å². The minimum Gasteiger partial charge on any atom is -0.508 e.